The van der Waals surface area contributed by atoms with Gasteiger partial charge in [-0.15, -0.1) is 0 Å². The highest BCUT2D eigenvalue weighted by Gasteiger charge is 2.07. The first-order valence-electron chi connectivity index (χ1n) is 5.24. The van der Waals surface area contributed by atoms with Crippen LogP contribution >= 0.6 is 23.2 Å². The van der Waals surface area contributed by atoms with Crippen molar-refractivity contribution >= 4 is 29.1 Å². The van der Waals surface area contributed by atoms with Crippen molar-refractivity contribution in [1.82, 2.24) is 20.3 Å². The van der Waals surface area contributed by atoms with E-state index in [9.17, 15) is 4.79 Å². The van der Waals surface area contributed by atoms with Gasteiger partial charge in [-0.3, -0.25) is 4.79 Å². The van der Waals surface area contributed by atoms with Crippen molar-refractivity contribution in [2.75, 3.05) is 6.54 Å². The number of rotatable bonds is 4. The average molecular weight is 285 g/mol. The Balaban J connectivity index is 1.89. The fourth-order valence-electron chi connectivity index (χ4n) is 1.37. The lowest BCUT2D eigenvalue weighted by Gasteiger charge is -2.05. The number of carbonyl (C=O) groups excluding carboxylic acids is 1. The van der Waals surface area contributed by atoms with Crippen LogP contribution in [0.25, 0.3) is 0 Å². The second-order valence-electron chi connectivity index (χ2n) is 3.51. The summed E-state index contributed by atoms with van der Waals surface area (Å²) >= 11 is 11.6. The van der Waals surface area contributed by atoms with E-state index in [0.29, 0.717) is 28.7 Å². The van der Waals surface area contributed by atoms with Gasteiger partial charge in [-0.05, 0) is 18.2 Å². The number of benzene rings is 1. The monoisotopic (exact) mass is 284 g/mol. The number of nitrogens with one attached hydrogen (secondary N) is 1. The maximum Gasteiger partial charge on any atom is 0.251 e. The quantitative estimate of drug-likeness (QED) is 0.934. The molecule has 7 heteroatoms. The molecule has 0 aliphatic carbocycles. The Labute approximate surface area is 114 Å². The third kappa shape index (κ3) is 3.21. The lowest BCUT2D eigenvalue weighted by Crippen LogP contribution is -2.27. The molecule has 1 N–H and O–H groups in total. The van der Waals surface area contributed by atoms with Gasteiger partial charge in [0.2, 0.25) is 0 Å². The Morgan fingerprint density at radius 1 is 1.22 bits per heavy atom. The standard InChI is InChI=1S/C11H10Cl2N4O/c12-9-2-1-8(7-10(9)13)11(18)14-5-6-17-15-3-4-16-17/h1-4,7H,5-6H2,(H,14,18). The van der Waals surface area contributed by atoms with Gasteiger partial charge in [-0.2, -0.15) is 15.0 Å². The molecule has 0 aliphatic heterocycles. The Hall–Kier alpha value is -1.59. The summed E-state index contributed by atoms with van der Waals surface area (Å²) in [5.41, 5.74) is 0.470. The Morgan fingerprint density at radius 3 is 2.61 bits per heavy atom. The SMILES string of the molecule is O=C(NCCn1nccn1)c1ccc(Cl)c(Cl)c1. The van der Waals surface area contributed by atoms with E-state index < -0.39 is 0 Å². The van der Waals surface area contributed by atoms with E-state index in [1.165, 1.54) is 10.9 Å². The summed E-state index contributed by atoms with van der Waals surface area (Å²) in [5, 5.41) is 11.4. The molecule has 1 amide bonds. The van der Waals surface area contributed by atoms with Crippen molar-refractivity contribution in [3.05, 3.63) is 46.2 Å². The van der Waals surface area contributed by atoms with Crippen LogP contribution < -0.4 is 5.32 Å². The Bertz CT molecular complexity index is 542. The third-order valence-electron chi connectivity index (χ3n) is 2.25. The van der Waals surface area contributed by atoms with Gasteiger partial charge in [-0.25, -0.2) is 0 Å². The minimum absolute atomic E-state index is 0.208. The maximum absolute atomic E-state index is 11.8. The van der Waals surface area contributed by atoms with Gasteiger partial charge in [0.15, 0.2) is 0 Å². The fourth-order valence-corrected chi connectivity index (χ4v) is 1.67. The van der Waals surface area contributed by atoms with Crippen LogP contribution in [0.15, 0.2) is 30.6 Å². The number of nitrogens with zero attached hydrogens (tertiary/aromatic N) is 3. The van der Waals surface area contributed by atoms with Gasteiger partial charge in [0.05, 0.1) is 29.0 Å². The van der Waals surface area contributed by atoms with Crippen LogP contribution in [0, 0.1) is 0 Å². The normalized spacial score (nSPS) is 10.3. The minimum Gasteiger partial charge on any atom is -0.350 e. The number of hydrogen-bond acceptors (Lipinski definition) is 3. The van der Waals surface area contributed by atoms with Gasteiger partial charge in [-0.1, -0.05) is 23.2 Å². The number of hydrogen-bond donors (Lipinski definition) is 1. The van der Waals surface area contributed by atoms with E-state index in [1.807, 2.05) is 0 Å². The van der Waals surface area contributed by atoms with E-state index in [4.69, 9.17) is 23.2 Å². The molecule has 1 aromatic carbocycles. The second kappa shape index (κ2) is 5.84. The number of carbonyl (C=O) groups is 1. The summed E-state index contributed by atoms with van der Waals surface area (Å²) in [6.07, 6.45) is 3.17. The highest BCUT2D eigenvalue weighted by Crippen LogP contribution is 2.22. The second-order valence-corrected chi connectivity index (χ2v) is 4.32. The molecule has 0 saturated heterocycles. The molecule has 2 aromatic rings. The molecule has 1 aromatic heterocycles. The molecule has 2 rings (SSSR count). The molecule has 1 heterocycles. The molecule has 5 nitrogen and oxygen atoms in total. The first kappa shape index (κ1) is 12.9. The zero-order valence-corrected chi connectivity index (χ0v) is 10.8. The van der Waals surface area contributed by atoms with E-state index in [1.54, 1.807) is 24.5 Å². The molecule has 0 atom stereocenters. The summed E-state index contributed by atoms with van der Waals surface area (Å²) in [7, 11) is 0. The molecular formula is C11H10Cl2N4O. The lowest BCUT2D eigenvalue weighted by atomic mass is 10.2. The van der Waals surface area contributed by atoms with Crippen molar-refractivity contribution < 1.29 is 4.79 Å². The van der Waals surface area contributed by atoms with Crippen LogP contribution in [0.5, 0.6) is 0 Å². The Morgan fingerprint density at radius 2 is 1.94 bits per heavy atom. The van der Waals surface area contributed by atoms with Crippen LogP contribution in [-0.2, 0) is 6.54 Å². The highest BCUT2D eigenvalue weighted by atomic mass is 35.5. The number of halogens is 2. The van der Waals surface area contributed by atoms with Crippen LogP contribution in [0.2, 0.25) is 10.0 Å². The lowest BCUT2D eigenvalue weighted by molar-refractivity contribution is 0.0951. The van der Waals surface area contributed by atoms with Gasteiger partial charge in [0.25, 0.3) is 5.91 Å². The summed E-state index contributed by atoms with van der Waals surface area (Å²) in [6.45, 7) is 0.952. The van der Waals surface area contributed by atoms with Crippen molar-refractivity contribution in [1.29, 1.82) is 0 Å². The van der Waals surface area contributed by atoms with Crippen molar-refractivity contribution in [3.63, 3.8) is 0 Å². The van der Waals surface area contributed by atoms with Gasteiger partial charge in [0, 0.05) is 12.1 Å². The summed E-state index contributed by atoms with van der Waals surface area (Å²) < 4.78 is 0. The first-order chi connectivity index (χ1) is 8.66. The zero-order chi connectivity index (χ0) is 13.0. The van der Waals surface area contributed by atoms with Gasteiger partial charge >= 0.3 is 0 Å². The fraction of sp³-hybridized carbons (Fsp3) is 0.182. The maximum atomic E-state index is 11.8. The molecule has 0 radical (unpaired) electrons. The summed E-state index contributed by atoms with van der Waals surface area (Å²) in [5.74, 6) is -0.208. The summed E-state index contributed by atoms with van der Waals surface area (Å²) in [4.78, 5) is 13.3. The summed E-state index contributed by atoms with van der Waals surface area (Å²) in [6, 6.07) is 4.74. The van der Waals surface area contributed by atoms with E-state index in [0.717, 1.165) is 0 Å². The molecule has 18 heavy (non-hydrogen) atoms. The van der Waals surface area contributed by atoms with Gasteiger partial charge < -0.3 is 5.32 Å². The highest BCUT2D eigenvalue weighted by molar-refractivity contribution is 6.42. The first-order valence-corrected chi connectivity index (χ1v) is 6.00. The largest absolute Gasteiger partial charge is 0.350 e. The van der Waals surface area contributed by atoms with Crippen LogP contribution in [0.1, 0.15) is 10.4 Å². The molecule has 0 aliphatic rings. The molecule has 0 bridgehead atoms. The van der Waals surface area contributed by atoms with Crippen molar-refractivity contribution in [3.8, 4) is 0 Å². The zero-order valence-electron chi connectivity index (χ0n) is 9.31. The predicted molar refractivity (Wildman–Crippen MR) is 68.8 cm³/mol. The van der Waals surface area contributed by atoms with Crippen LogP contribution in [-0.4, -0.2) is 27.4 Å². The van der Waals surface area contributed by atoms with E-state index in [2.05, 4.69) is 15.5 Å². The topological polar surface area (TPSA) is 59.8 Å². The molecule has 0 fully saturated rings. The number of aromatic nitrogens is 3. The van der Waals surface area contributed by atoms with Gasteiger partial charge in [0.1, 0.15) is 0 Å². The van der Waals surface area contributed by atoms with E-state index >= 15 is 0 Å². The minimum atomic E-state index is -0.208. The molecule has 0 spiro atoms. The molecular weight excluding hydrogens is 275 g/mol. The third-order valence-corrected chi connectivity index (χ3v) is 2.98. The smallest absolute Gasteiger partial charge is 0.251 e. The van der Waals surface area contributed by atoms with Crippen LogP contribution in [0.4, 0.5) is 0 Å². The predicted octanol–water partition coefficient (Wildman–Crippen LogP) is 2.01. The molecule has 0 unspecified atom stereocenters. The van der Waals surface area contributed by atoms with Crippen molar-refractivity contribution in [2.45, 2.75) is 6.54 Å². The van der Waals surface area contributed by atoms with E-state index in [-0.39, 0.29) is 5.91 Å². The Kier molecular flexibility index (Phi) is 4.17. The van der Waals surface area contributed by atoms with Crippen molar-refractivity contribution in [2.24, 2.45) is 0 Å². The average Bonchev–Trinajstić information content (AvgIpc) is 2.85. The number of amides is 1. The molecule has 94 valence electrons. The molecule has 0 saturated carbocycles. The van der Waals surface area contributed by atoms with Crippen LogP contribution in [0.3, 0.4) is 0 Å².